The van der Waals surface area contributed by atoms with Crippen molar-refractivity contribution in [2.75, 3.05) is 5.32 Å². The number of nitrogens with zero attached hydrogens (tertiary/aromatic N) is 1. The zero-order valence-electron chi connectivity index (χ0n) is 15.9. The van der Waals surface area contributed by atoms with Crippen LogP contribution in [0.3, 0.4) is 0 Å². The molecule has 7 nitrogen and oxygen atoms in total. The maximum Gasteiger partial charge on any atom is 0.360 e. The van der Waals surface area contributed by atoms with Crippen LogP contribution in [0.4, 0.5) is 5.69 Å². The molecule has 0 radical (unpaired) electrons. The monoisotopic (exact) mass is 379 g/mol. The fourth-order valence-electron chi connectivity index (χ4n) is 2.74. The van der Waals surface area contributed by atoms with Crippen LogP contribution in [0.15, 0.2) is 53.3 Å². The number of fused-ring (bicyclic) bond motifs is 1. The van der Waals surface area contributed by atoms with Gasteiger partial charge in [0.2, 0.25) is 0 Å². The topological polar surface area (TPSA) is 101 Å². The van der Waals surface area contributed by atoms with Crippen LogP contribution in [0, 0.1) is 0 Å². The Morgan fingerprint density at radius 2 is 1.64 bits per heavy atom. The van der Waals surface area contributed by atoms with Crippen LogP contribution < -0.4 is 10.9 Å². The van der Waals surface area contributed by atoms with Crippen LogP contribution >= 0.6 is 0 Å². The largest absolute Gasteiger partial charge is 0.448 e. The van der Waals surface area contributed by atoms with Crippen molar-refractivity contribution in [2.45, 2.75) is 32.8 Å². The molecule has 1 amide bonds. The van der Waals surface area contributed by atoms with Gasteiger partial charge in [-0.05, 0) is 36.6 Å². The Kier molecular flexibility index (Phi) is 5.54. The SMILES string of the molecule is CC(C)c1ccc(NC(=O)[C@H](C)OC(=O)c2n[nH]c(=O)c3ccccc23)cc1. The van der Waals surface area contributed by atoms with Gasteiger partial charge >= 0.3 is 5.97 Å². The molecule has 1 heterocycles. The standard InChI is InChI=1S/C21H21N3O4/c1-12(2)14-8-10-15(11-9-14)22-19(25)13(3)28-21(27)18-16-6-4-5-7-17(16)20(26)24-23-18/h4-13H,1-3H3,(H,22,25)(H,24,26)/t13-/m0/s1. The normalized spacial score (nSPS) is 12.0. The molecule has 28 heavy (non-hydrogen) atoms. The maximum absolute atomic E-state index is 12.5. The molecule has 0 fully saturated rings. The summed E-state index contributed by atoms with van der Waals surface area (Å²) in [5.74, 6) is -0.853. The zero-order chi connectivity index (χ0) is 20.3. The molecule has 144 valence electrons. The van der Waals surface area contributed by atoms with Gasteiger partial charge in [-0.25, -0.2) is 9.89 Å². The molecule has 0 saturated carbocycles. The first kappa shape index (κ1) is 19.3. The molecule has 0 spiro atoms. The van der Waals surface area contributed by atoms with E-state index in [1.54, 1.807) is 36.4 Å². The lowest BCUT2D eigenvalue weighted by atomic mass is 10.0. The molecule has 1 atom stereocenters. The van der Waals surface area contributed by atoms with Gasteiger partial charge in [0.05, 0.1) is 5.39 Å². The zero-order valence-corrected chi connectivity index (χ0v) is 15.9. The number of ether oxygens (including phenoxy) is 1. The Labute approximate surface area is 161 Å². The lowest BCUT2D eigenvalue weighted by molar-refractivity contribution is -0.123. The summed E-state index contributed by atoms with van der Waals surface area (Å²) < 4.78 is 5.24. The van der Waals surface area contributed by atoms with E-state index in [0.29, 0.717) is 22.4 Å². The molecule has 2 N–H and O–H groups in total. The van der Waals surface area contributed by atoms with Crippen molar-refractivity contribution in [2.24, 2.45) is 0 Å². The van der Waals surface area contributed by atoms with Crippen LogP contribution in [0.5, 0.6) is 0 Å². The predicted octanol–water partition coefficient (Wildman–Crippen LogP) is 3.23. The Bertz CT molecular complexity index is 1070. The summed E-state index contributed by atoms with van der Waals surface area (Å²) in [6.07, 6.45) is -1.04. The number of H-pyrrole nitrogens is 1. The third-order valence-electron chi connectivity index (χ3n) is 4.39. The lowest BCUT2D eigenvalue weighted by Crippen LogP contribution is -2.30. The minimum absolute atomic E-state index is 0.0452. The van der Waals surface area contributed by atoms with Crippen molar-refractivity contribution in [1.29, 1.82) is 0 Å². The Balaban J connectivity index is 1.71. The van der Waals surface area contributed by atoms with E-state index in [1.807, 2.05) is 12.1 Å². The number of nitrogens with one attached hydrogen (secondary N) is 2. The van der Waals surface area contributed by atoms with Gasteiger partial charge < -0.3 is 10.1 Å². The summed E-state index contributed by atoms with van der Waals surface area (Å²) in [7, 11) is 0. The third-order valence-corrected chi connectivity index (χ3v) is 4.39. The van der Waals surface area contributed by atoms with Gasteiger partial charge in [-0.1, -0.05) is 44.2 Å². The number of aromatic amines is 1. The molecule has 0 unspecified atom stereocenters. The summed E-state index contributed by atoms with van der Waals surface area (Å²) in [6, 6.07) is 14.1. The number of aromatic nitrogens is 2. The van der Waals surface area contributed by atoms with E-state index in [-0.39, 0.29) is 5.69 Å². The molecule has 2 aromatic carbocycles. The van der Waals surface area contributed by atoms with Crippen molar-refractivity contribution in [3.63, 3.8) is 0 Å². The lowest BCUT2D eigenvalue weighted by Gasteiger charge is -2.14. The van der Waals surface area contributed by atoms with Gasteiger partial charge in [0.1, 0.15) is 0 Å². The van der Waals surface area contributed by atoms with Crippen molar-refractivity contribution in [1.82, 2.24) is 10.2 Å². The van der Waals surface area contributed by atoms with Gasteiger partial charge in [-0.15, -0.1) is 0 Å². The summed E-state index contributed by atoms with van der Waals surface area (Å²) in [4.78, 5) is 36.6. The fraction of sp³-hybridized carbons (Fsp3) is 0.238. The Hall–Kier alpha value is -3.48. The second-order valence-electron chi connectivity index (χ2n) is 6.76. The number of hydrogen-bond acceptors (Lipinski definition) is 5. The van der Waals surface area contributed by atoms with E-state index in [1.165, 1.54) is 6.92 Å². The number of amides is 1. The average Bonchev–Trinajstić information content (AvgIpc) is 2.68. The first-order chi connectivity index (χ1) is 13.4. The molecule has 0 aliphatic carbocycles. The fourth-order valence-corrected chi connectivity index (χ4v) is 2.74. The summed E-state index contributed by atoms with van der Waals surface area (Å²) in [5, 5.41) is 9.47. The first-order valence-corrected chi connectivity index (χ1v) is 8.96. The molecular weight excluding hydrogens is 358 g/mol. The van der Waals surface area contributed by atoms with E-state index in [4.69, 9.17) is 4.74 Å². The van der Waals surface area contributed by atoms with Crippen LogP contribution in [-0.2, 0) is 9.53 Å². The number of esters is 1. The van der Waals surface area contributed by atoms with E-state index in [0.717, 1.165) is 5.56 Å². The predicted molar refractivity (Wildman–Crippen MR) is 106 cm³/mol. The summed E-state index contributed by atoms with van der Waals surface area (Å²) in [6.45, 7) is 5.65. The number of benzene rings is 2. The minimum Gasteiger partial charge on any atom is -0.448 e. The van der Waals surface area contributed by atoms with Crippen molar-refractivity contribution < 1.29 is 14.3 Å². The quantitative estimate of drug-likeness (QED) is 0.663. The van der Waals surface area contributed by atoms with Gasteiger partial charge in [0.25, 0.3) is 11.5 Å². The smallest absolute Gasteiger partial charge is 0.360 e. The number of carbonyl (C=O) groups excluding carboxylic acids is 2. The number of anilines is 1. The third kappa shape index (κ3) is 4.09. The first-order valence-electron chi connectivity index (χ1n) is 8.96. The number of hydrogen-bond donors (Lipinski definition) is 2. The Morgan fingerprint density at radius 1 is 1.00 bits per heavy atom. The van der Waals surface area contributed by atoms with Crippen molar-refractivity contribution in [3.05, 3.63) is 70.1 Å². The molecule has 7 heteroatoms. The second-order valence-corrected chi connectivity index (χ2v) is 6.76. The molecule has 0 saturated heterocycles. The highest BCUT2D eigenvalue weighted by molar-refractivity contribution is 6.03. The Morgan fingerprint density at radius 3 is 2.29 bits per heavy atom. The number of carbonyl (C=O) groups is 2. The van der Waals surface area contributed by atoms with Gasteiger partial charge in [-0.2, -0.15) is 5.10 Å². The van der Waals surface area contributed by atoms with E-state index in [2.05, 4.69) is 29.4 Å². The van der Waals surface area contributed by atoms with Crippen LogP contribution in [0.1, 0.15) is 42.7 Å². The van der Waals surface area contributed by atoms with E-state index < -0.39 is 23.5 Å². The molecular formula is C21H21N3O4. The van der Waals surface area contributed by atoms with E-state index >= 15 is 0 Å². The van der Waals surface area contributed by atoms with Gasteiger partial charge in [0.15, 0.2) is 11.8 Å². The highest BCUT2D eigenvalue weighted by Gasteiger charge is 2.22. The highest BCUT2D eigenvalue weighted by Crippen LogP contribution is 2.18. The molecule has 3 rings (SSSR count). The summed E-state index contributed by atoms with van der Waals surface area (Å²) >= 11 is 0. The molecule has 0 aliphatic heterocycles. The van der Waals surface area contributed by atoms with Crippen molar-refractivity contribution in [3.8, 4) is 0 Å². The van der Waals surface area contributed by atoms with E-state index in [9.17, 15) is 14.4 Å². The van der Waals surface area contributed by atoms with Gasteiger partial charge in [0, 0.05) is 11.1 Å². The molecule has 0 aliphatic rings. The molecule has 3 aromatic rings. The van der Waals surface area contributed by atoms with Gasteiger partial charge in [-0.3, -0.25) is 9.59 Å². The molecule has 0 bridgehead atoms. The van der Waals surface area contributed by atoms with Crippen LogP contribution in [-0.4, -0.2) is 28.2 Å². The van der Waals surface area contributed by atoms with Crippen LogP contribution in [0.25, 0.3) is 10.8 Å². The van der Waals surface area contributed by atoms with Crippen molar-refractivity contribution >= 4 is 28.3 Å². The molecule has 1 aromatic heterocycles. The van der Waals surface area contributed by atoms with Crippen LogP contribution in [0.2, 0.25) is 0 Å². The minimum atomic E-state index is -1.04. The second kappa shape index (κ2) is 8.04. The maximum atomic E-state index is 12.5. The highest BCUT2D eigenvalue weighted by atomic mass is 16.5. The summed E-state index contributed by atoms with van der Waals surface area (Å²) in [5.41, 5.74) is 1.33. The average molecular weight is 379 g/mol. The number of rotatable bonds is 5.